The maximum absolute atomic E-state index is 11.7. The molecular formula is C10H18N2O. The number of carbonyl (C=O) groups is 1. The van der Waals surface area contributed by atoms with Gasteiger partial charge in [-0.2, -0.15) is 0 Å². The van der Waals surface area contributed by atoms with Gasteiger partial charge in [0.15, 0.2) is 0 Å². The van der Waals surface area contributed by atoms with Crippen LogP contribution in [0.5, 0.6) is 0 Å². The fourth-order valence-electron chi connectivity index (χ4n) is 1.97. The van der Waals surface area contributed by atoms with Gasteiger partial charge in [-0.05, 0) is 24.8 Å². The van der Waals surface area contributed by atoms with Gasteiger partial charge in [0, 0.05) is 12.6 Å². The van der Waals surface area contributed by atoms with Crippen molar-refractivity contribution in [2.75, 3.05) is 13.1 Å². The molecule has 1 aliphatic heterocycles. The second-order valence-corrected chi connectivity index (χ2v) is 4.57. The first-order chi connectivity index (χ1) is 6.18. The summed E-state index contributed by atoms with van der Waals surface area (Å²) in [6, 6.07) is 0.472. The molecule has 4 atom stereocenters. The standard InChI is InChI=1S/C10H18N2O/c1-6-3-9(6)12-10(13)8-5-11-4-7(8)2/h6-9,11H,3-5H2,1-2H3,(H,12,13). The van der Waals surface area contributed by atoms with Crippen molar-refractivity contribution >= 4 is 5.91 Å². The summed E-state index contributed by atoms with van der Waals surface area (Å²) in [6.45, 7) is 6.16. The second-order valence-electron chi connectivity index (χ2n) is 4.57. The monoisotopic (exact) mass is 182 g/mol. The summed E-state index contributed by atoms with van der Waals surface area (Å²) in [5, 5.41) is 6.34. The van der Waals surface area contributed by atoms with Gasteiger partial charge in [-0.1, -0.05) is 13.8 Å². The molecule has 1 heterocycles. The van der Waals surface area contributed by atoms with Gasteiger partial charge in [0.1, 0.15) is 0 Å². The Bertz CT molecular complexity index is 217. The molecule has 4 unspecified atom stereocenters. The molecule has 1 saturated carbocycles. The molecule has 1 amide bonds. The molecule has 13 heavy (non-hydrogen) atoms. The summed E-state index contributed by atoms with van der Waals surface area (Å²) in [6.07, 6.45) is 1.17. The smallest absolute Gasteiger partial charge is 0.224 e. The maximum Gasteiger partial charge on any atom is 0.224 e. The van der Waals surface area contributed by atoms with Crippen molar-refractivity contribution in [2.24, 2.45) is 17.8 Å². The van der Waals surface area contributed by atoms with E-state index < -0.39 is 0 Å². The van der Waals surface area contributed by atoms with Gasteiger partial charge < -0.3 is 10.6 Å². The van der Waals surface area contributed by atoms with E-state index in [-0.39, 0.29) is 11.8 Å². The van der Waals surface area contributed by atoms with Crippen molar-refractivity contribution in [2.45, 2.75) is 26.3 Å². The highest BCUT2D eigenvalue weighted by Crippen LogP contribution is 2.29. The first-order valence-electron chi connectivity index (χ1n) is 5.19. The van der Waals surface area contributed by atoms with E-state index >= 15 is 0 Å². The van der Waals surface area contributed by atoms with Crippen LogP contribution in [-0.4, -0.2) is 25.0 Å². The third-order valence-corrected chi connectivity index (χ3v) is 3.29. The lowest BCUT2D eigenvalue weighted by atomic mass is 9.97. The zero-order chi connectivity index (χ0) is 9.42. The summed E-state index contributed by atoms with van der Waals surface area (Å²) >= 11 is 0. The quantitative estimate of drug-likeness (QED) is 0.647. The number of amides is 1. The van der Waals surface area contributed by atoms with Crippen molar-refractivity contribution in [3.8, 4) is 0 Å². The Labute approximate surface area is 79.3 Å². The van der Waals surface area contributed by atoms with E-state index in [1.807, 2.05) is 0 Å². The van der Waals surface area contributed by atoms with Crippen LogP contribution in [0.3, 0.4) is 0 Å². The largest absolute Gasteiger partial charge is 0.353 e. The Hall–Kier alpha value is -0.570. The topological polar surface area (TPSA) is 41.1 Å². The average molecular weight is 182 g/mol. The number of carbonyl (C=O) groups excluding carboxylic acids is 1. The van der Waals surface area contributed by atoms with Crippen LogP contribution in [0.2, 0.25) is 0 Å². The van der Waals surface area contributed by atoms with Crippen molar-refractivity contribution in [1.29, 1.82) is 0 Å². The normalized spacial score (nSPS) is 43.2. The van der Waals surface area contributed by atoms with Crippen LogP contribution in [0.25, 0.3) is 0 Å². The van der Waals surface area contributed by atoms with Crippen molar-refractivity contribution < 1.29 is 4.79 Å². The Kier molecular flexibility index (Phi) is 2.28. The molecule has 3 nitrogen and oxygen atoms in total. The molecule has 0 radical (unpaired) electrons. The lowest BCUT2D eigenvalue weighted by Crippen LogP contribution is -2.36. The summed E-state index contributed by atoms with van der Waals surface area (Å²) in [7, 11) is 0. The molecule has 1 saturated heterocycles. The molecular weight excluding hydrogens is 164 g/mol. The van der Waals surface area contributed by atoms with Gasteiger partial charge in [-0.15, -0.1) is 0 Å². The highest BCUT2D eigenvalue weighted by Gasteiger charge is 2.37. The van der Waals surface area contributed by atoms with E-state index in [1.165, 1.54) is 6.42 Å². The zero-order valence-electron chi connectivity index (χ0n) is 8.34. The third-order valence-electron chi connectivity index (χ3n) is 3.29. The van der Waals surface area contributed by atoms with E-state index in [4.69, 9.17) is 0 Å². The number of hydrogen-bond acceptors (Lipinski definition) is 2. The first-order valence-corrected chi connectivity index (χ1v) is 5.19. The van der Waals surface area contributed by atoms with E-state index in [0.717, 1.165) is 13.1 Å². The third kappa shape index (κ3) is 1.85. The first kappa shape index (κ1) is 9.00. The number of rotatable bonds is 2. The van der Waals surface area contributed by atoms with Crippen LogP contribution < -0.4 is 10.6 Å². The molecule has 2 N–H and O–H groups in total. The fraction of sp³-hybridized carbons (Fsp3) is 0.900. The molecule has 3 heteroatoms. The van der Waals surface area contributed by atoms with Crippen LogP contribution in [0.15, 0.2) is 0 Å². The molecule has 1 aliphatic carbocycles. The summed E-state index contributed by atoms with van der Waals surface area (Å²) in [4.78, 5) is 11.7. The van der Waals surface area contributed by atoms with Gasteiger partial charge in [0.25, 0.3) is 0 Å². The predicted molar refractivity (Wildman–Crippen MR) is 51.2 cm³/mol. The minimum absolute atomic E-state index is 0.202. The SMILES string of the molecule is CC1CC1NC(=O)C1CNCC1C. The summed E-state index contributed by atoms with van der Waals surface area (Å²) in [5.74, 6) is 1.65. The van der Waals surface area contributed by atoms with Gasteiger partial charge in [0.2, 0.25) is 5.91 Å². The molecule has 2 fully saturated rings. The van der Waals surface area contributed by atoms with Crippen LogP contribution in [-0.2, 0) is 4.79 Å². The lowest BCUT2D eigenvalue weighted by Gasteiger charge is -2.13. The van der Waals surface area contributed by atoms with Crippen molar-refractivity contribution in [3.05, 3.63) is 0 Å². The van der Waals surface area contributed by atoms with E-state index in [9.17, 15) is 4.79 Å². The highest BCUT2D eigenvalue weighted by atomic mass is 16.2. The molecule has 74 valence electrons. The van der Waals surface area contributed by atoms with Gasteiger partial charge in [-0.25, -0.2) is 0 Å². The molecule has 2 rings (SSSR count). The lowest BCUT2D eigenvalue weighted by molar-refractivity contribution is -0.125. The molecule has 0 aromatic carbocycles. The van der Waals surface area contributed by atoms with Gasteiger partial charge in [0.05, 0.1) is 5.92 Å². The molecule has 2 aliphatic rings. The van der Waals surface area contributed by atoms with Gasteiger partial charge >= 0.3 is 0 Å². The second kappa shape index (κ2) is 3.29. The Morgan fingerprint density at radius 3 is 2.46 bits per heavy atom. The van der Waals surface area contributed by atoms with Crippen LogP contribution in [0.4, 0.5) is 0 Å². The zero-order valence-corrected chi connectivity index (χ0v) is 8.34. The Morgan fingerprint density at radius 1 is 1.31 bits per heavy atom. The van der Waals surface area contributed by atoms with E-state index in [1.54, 1.807) is 0 Å². The van der Waals surface area contributed by atoms with Crippen molar-refractivity contribution in [3.63, 3.8) is 0 Å². The molecule has 0 bridgehead atoms. The minimum Gasteiger partial charge on any atom is -0.353 e. The highest BCUT2D eigenvalue weighted by molar-refractivity contribution is 5.80. The van der Waals surface area contributed by atoms with E-state index in [0.29, 0.717) is 17.9 Å². The summed E-state index contributed by atoms with van der Waals surface area (Å²) < 4.78 is 0. The van der Waals surface area contributed by atoms with Crippen LogP contribution in [0, 0.1) is 17.8 Å². The average Bonchev–Trinajstić information content (AvgIpc) is 2.62. The number of nitrogens with one attached hydrogen (secondary N) is 2. The summed E-state index contributed by atoms with van der Waals surface area (Å²) in [5.41, 5.74) is 0. The minimum atomic E-state index is 0.202. The predicted octanol–water partition coefficient (Wildman–Crippen LogP) is 0.366. The molecule has 0 aromatic heterocycles. The Morgan fingerprint density at radius 2 is 2.00 bits per heavy atom. The Balaban J connectivity index is 1.82. The van der Waals surface area contributed by atoms with Crippen LogP contribution in [0.1, 0.15) is 20.3 Å². The molecule has 0 aromatic rings. The maximum atomic E-state index is 11.7. The van der Waals surface area contributed by atoms with Crippen molar-refractivity contribution in [1.82, 2.24) is 10.6 Å². The van der Waals surface area contributed by atoms with Crippen LogP contribution >= 0.6 is 0 Å². The van der Waals surface area contributed by atoms with E-state index in [2.05, 4.69) is 24.5 Å². The van der Waals surface area contributed by atoms with Gasteiger partial charge in [-0.3, -0.25) is 4.79 Å². The fourth-order valence-corrected chi connectivity index (χ4v) is 1.97. The number of hydrogen-bond donors (Lipinski definition) is 2. The molecule has 0 spiro atoms.